The molecule has 0 aromatic rings. The van der Waals surface area contributed by atoms with E-state index in [0.717, 1.165) is 5.57 Å². The molecule has 0 aromatic heterocycles. The molecular formula is C55H88O24. The smallest absolute Gasteiger partial charge is 0.335 e. The van der Waals surface area contributed by atoms with Crippen LogP contribution in [0.2, 0.25) is 0 Å². The summed E-state index contributed by atoms with van der Waals surface area (Å²) >= 11 is 0. The van der Waals surface area contributed by atoms with E-state index in [2.05, 4.69) is 26.8 Å². The van der Waals surface area contributed by atoms with E-state index in [-0.39, 0.29) is 24.7 Å². The fourth-order valence-electron chi connectivity index (χ4n) is 16.3. The van der Waals surface area contributed by atoms with E-state index in [1.165, 1.54) is 6.92 Å². The van der Waals surface area contributed by atoms with Gasteiger partial charge in [-0.3, -0.25) is 9.59 Å². The first kappa shape index (κ1) is 62.5. The predicted molar refractivity (Wildman–Crippen MR) is 269 cm³/mol. The zero-order chi connectivity index (χ0) is 58.4. The van der Waals surface area contributed by atoms with Crippen LogP contribution in [0.15, 0.2) is 11.6 Å². The van der Waals surface area contributed by atoms with E-state index in [4.69, 9.17) is 37.9 Å². The van der Waals surface area contributed by atoms with Crippen molar-refractivity contribution >= 4 is 17.9 Å². The lowest BCUT2D eigenvalue weighted by Gasteiger charge is -2.72. The van der Waals surface area contributed by atoms with Gasteiger partial charge in [0.1, 0.15) is 79.4 Å². The molecule has 2 unspecified atom stereocenters. The zero-order valence-corrected chi connectivity index (χ0v) is 46.6. The van der Waals surface area contributed by atoms with E-state index >= 15 is 0 Å². The second-order valence-electron chi connectivity index (χ2n) is 25.9. The number of aliphatic hydroxyl groups excluding tert-OH is 12. The van der Waals surface area contributed by atoms with Gasteiger partial charge in [0.25, 0.3) is 0 Å². The van der Waals surface area contributed by atoms with Gasteiger partial charge in [-0.15, -0.1) is 0 Å². The van der Waals surface area contributed by atoms with Crippen molar-refractivity contribution in [1.82, 2.24) is 0 Å². The molecule has 79 heavy (non-hydrogen) atoms. The highest BCUT2D eigenvalue weighted by Gasteiger charge is 2.74. The fourth-order valence-corrected chi connectivity index (χ4v) is 16.3. The first-order valence-corrected chi connectivity index (χ1v) is 28.0. The summed E-state index contributed by atoms with van der Waals surface area (Å²) in [4.78, 5) is 39.6. The van der Waals surface area contributed by atoms with Gasteiger partial charge in [-0.1, -0.05) is 67.0 Å². The third-order valence-corrected chi connectivity index (χ3v) is 21.3. The van der Waals surface area contributed by atoms with Crippen molar-refractivity contribution < 1.29 is 119 Å². The highest BCUT2D eigenvalue weighted by molar-refractivity contribution is 5.73. The Balaban J connectivity index is 1.11. The van der Waals surface area contributed by atoms with Crippen LogP contribution in [0.4, 0.5) is 0 Å². The summed E-state index contributed by atoms with van der Waals surface area (Å²) in [5.74, 6) is -4.15. The Hall–Kier alpha value is -2.57. The number of esters is 2. The lowest BCUT2D eigenvalue weighted by Crippen LogP contribution is -2.72. The van der Waals surface area contributed by atoms with Crippen LogP contribution in [0.3, 0.4) is 0 Å². The number of hydrogen-bond acceptors (Lipinski definition) is 23. The van der Waals surface area contributed by atoms with Gasteiger partial charge in [0.2, 0.25) is 0 Å². The standard InChI is InChI=1S/C55H88O24/c1-10-23(2)46(71)79-43-44(72-24(3)60)55(22-59)26(17-50(43,4)5)25-11-12-30-51(6)15-14-32(52(7,21-58)29(51)13-16-53(30,8)54(25,9)18-31(55)61)75-49-41(77-48-38(67)36(65)34(63)28(20-57)74-48)39(68)40(42(78-49)45(69)70)76-47-37(66)35(64)33(62)27(19-56)73-47/h11,23,26-44,47-49,56-59,61-68H,10,12-22H2,1-9H3,(H,69,70)/t23?,26-,27+,28+,29?,30+,31+,32-,33+,34+,35-,36-,37+,38+,39-,40-,41+,42-,43-,44-,47-,48-,49+,51-,52+,53+,54+,55-/m0/s1. The molecule has 24 nitrogen and oxygen atoms in total. The van der Waals surface area contributed by atoms with Crippen molar-refractivity contribution in [2.75, 3.05) is 26.4 Å². The molecule has 28 atom stereocenters. The molecule has 0 bridgehead atoms. The molecule has 0 radical (unpaired) electrons. The van der Waals surface area contributed by atoms with Gasteiger partial charge < -0.3 is 104 Å². The van der Waals surface area contributed by atoms with Crippen molar-refractivity contribution in [1.29, 1.82) is 0 Å². The Morgan fingerprint density at radius 1 is 0.671 bits per heavy atom. The molecule has 13 N–H and O–H groups in total. The molecule has 0 aromatic carbocycles. The van der Waals surface area contributed by atoms with E-state index < -0.39 is 205 Å². The summed E-state index contributed by atoms with van der Waals surface area (Å²) in [6, 6.07) is 0. The Kier molecular flexibility index (Phi) is 18.0. The topological polar surface area (TPSA) is 388 Å². The lowest BCUT2D eigenvalue weighted by atomic mass is 9.33. The minimum absolute atomic E-state index is 0.0787. The number of carboxylic acid groups (broad SMARTS) is 1. The molecule has 8 aliphatic rings. The molecule has 5 aliphatic carbocycles. The van der Waals surface area contributed by atoms with Crippen molar-refractivity contribution in [3.05, 3.63) is 11.6 Å². The van der Waals surface area contributed by atoms with E-state index in [9.17, 15) is 80.8 Å². The van der Waals surface area contributed by atoms with Crippen LogP contribution in [-0.2, 0) is 52.3 Å². The molecule has 7 fully saturated rings. The molecule has 3 heterocycles. The molecule has 0 spiro atoms. The van der Waals surface area contributed by atoms with Gasteiger partial charge in [0, 0.05) is 17.8 Å². The van der Waals surface area contributed by atoms with Crippen molar-refractivity contribution in [2.24, 2.45) is 56.2 Å². The first-order valence-electron chi connectivity index (χ1n) is 28.0. The van der Waals surface area contributed by atoms with Gasteiger partial charge in [-0.25, -0.2) is 4.79 Å². The van der Waals surface area contributed by atoms with E-state index in [1.807, 2.05) is 27.7 Å². The number of carbonyl (C=O) groups is 3. The van der Waals surface area contributed by atoms with Gasteiger partial charge in [0.05, 0.1) is 50.0 Å². The van der Waals surface area contributed by atoms with Crippen LogP contribution in [0.25, 0.3) is 0 Å². The summed E-state index contributed by atoms with van der Waals surface area (Å²) in [6.45, 7) is 14.5. The molecule has 24 heteroatoms. The van der Waals surface area contributed by atoms with Crippen LogP contribution < -0.4 is 0 Å². The average molecular weight is 1130 g/mol. The Morgan fingerprint density at radius 2 is 1.25 bits per heavy atom. The van der Waals surface area contributed by atoms with Gasteiger partial charge in [0.15, 0.2) is 25.0 Å². The largest absolute Gasteiger partial charge is 0.479 e. The molecule has 452 valence electrons. The fraction of sp³-hybridized carbons (Fsp3) is 0.909. The van der Waals surface area contributed by atoms with E-state index in [1.54, 1.807) is 6.92 Å². The van der Waals surface area contributed by atoms with Gasteiger partial charge >= 0.3 is 17.9 Å². The first-order chi connectivity index (χ1) is 36.9. The Morgan fingerprint density at radius 3 is 1.77 bits per heavy atom. The number of ether oxygens (including phenoxy) is 8. The SMILES string of the molecule is CCC(C)C(=O)O[C@H]1[C@H](OC(C)=O)[C@]2(CO)[C@H](O)C[C@]3(C)C(=CC[C@@H]4[C@@]5(C)CC[C@H](O[C@@H]6O[C@H](C(=O)O)[C@@H](O[C@@H]7O[C@H](CO)[C@@H](O)[C@H](O)[C@H]7O)[C@H](O)[C@H]6O[C@@H]6O[C@H](CO)[C@@H](O)[C@H](O)[C@H]6O)[C@](C)(CO)C5CC[C@]43C)[C@@H]2CC1(C)C. The minimum atomic E-state index is -2.17. The molecule has 3 aliphatic heterocycles. The zero-order valence-electron chi connectivity index (χ0n) is 46.6. The third kappa shape index (κ3) is 10.0. The van der Waals surface area contributed by atoms with Crippen LogP contribution in [0.1, 0.15) is 114 Å². The summed E-state index contributed by atoms with van der Waals surface area (Å²) < 4.78 is 48.3. The third-order valence-electron chi connectivity index (χ3n) is 21.3. The number of carbonyl (C=O) groups excluding carboxylic acids is 2. The van der Waals surface area contributed by atoms with Crippen molar-refractivity contribution in [2.45, 2.75) is 230 Å². The average Bonchev–Trinajstić information content (AvgIpc) is 3.29. The number of aliphatic carboxylic acids is 1. The second-order valence-corrected chi connectivity index (χ2v) is 25.9. The van der Waals surface area contributed by atoms with E-state index in [0.29, 0.717) is 38.5 Å². The number of rotatable bonds is 15. The monoisotopic (exact) mass is 1130 g/mol. The maximum Gasteiger partial charge on any atom is 0.335 e. The number of allylic oxidation sites excluding steroid dienone is 2. The van der Waals surface area contributed by atoms with Crippen LogP contribution >= 0.6 is 0 Å². The number of hydrogen-bond donors (Lipinski definition) is 13. The maximum atomic E-state index is 13.5. The normalized spacial score (nSPS) is 50.8. The molecule has 4 saturated carbocycles. The molecule has 8 rings (SSSR count). The summed E-state index contributed by atoms with van der Waals surface area (Å²) in [6.07, 6.45) is -27.4. The minimum Gasteiger partial charge on any atom is -0.479 e. The Bertz CT molecular complexity index is 2230. The quantitative estimate of drug-likeness (QED) is 0.0518. The molecule has 3 saturated heterocycles. The predicted octanol–water partition coefficient (Wildman–Crippen LogP) is -1.24. The Labute approximate surface area is 459 Å². The van der Waals surface area contributed by atoms with Crippen molar-refractivity contribution in [3.63, 3.8) is 0 Å². The van der Waals surface area contributed by atoms with Gasteiger partial charge in [-0.2, -0.15) is 0 Å². The highest BCUT2D eigenvalue weighted by Crippen LogP contribution is 2.76. The number of aliphatic hydroxyl groups is 12. The van der Waals surface area contributed by atoms with Crippen LogP contribution in [-0.4, -0.2) is 227 Å². The lowest BCUT2D eigenvalue weighted by molar-refractivity contribution is -0.392. The van der Waals surface area contributed by atoms with Gasteiger partial charge in [-0.05, 0) is 85.4 Å². The molecule has 0 amide bonds. The molecular weight excluding hydrogens is 1040 g/mol. The summed E-state index contributed by atoms with van der Waals surface area (Å²) in [5.41, 5.74) is -4.04. The maximum absolute atomic E-state index is 13.5. The summed E-state index contributed by atoms with van der Waals surface area (Å²) in [5, 5.41) is 143. The highest BCUT2D eigenvalue weighted by atomic mass is 16.8. The van der Waals surface area contributed by atoms with Crippen LogP contribution in [0, 0.1) is 56.2 Å². The number of carboxylic acids is 1. The second kappa shape index (κ2) is 22.8. The summed E-state index contributed by atoms with van der Waals surface area (Å²) in [7, 11) is 0. The van der Waals surface area contributed by atoms with Crippen molar-refractivity contribution in [3.8, 4) is 0 Å². The van der Waals surface area contributed by atoms with Crippen LogP contribution in [0.5, 0.6) is 0 Å². The number of fused-ring (bicyclic) bond motifs is 7.